The summed E-state index contributed by atoms with van der Waals surface area (Å²) in [6.45, 7) is 10.1. The average Bonchev–Trinajstić information content (AvgIpc) is 2.28. The molecule has 0 aliphatic heterocycles. The van der Waals surface area contributed by atoms with Crippen molar-refractivity contribution in [2.45, 2.75) is 46.6 Å². The Hall–Kier alpha value is -1.10. The third kappa shape index (κ3) is 6.26. The molecule has 0 aromatic heterocycles. The van der Waals surface area contributed by atoms with Gasteiger partial charge in [0.25, 0.3) is 0 Å². The lowest BCUT2D eigenvalue weighted by Gasteiger charge is -2.27. The Balaban J connectivity index is 4.28. The fourth-order valence-corrected chi connectivity index (χ4v) is 1.66. The van der Waals surface area contributed by atoms with Crippen molar-refractivity contribution in [1.29, 1.82) is 0 Å². The van der Waals surface area contributed by atoms with Crippen LogP contribution >= 0.6 is 0 Å². The van der Waals surface area contributed by atoms with Crippen molar-refractivity contribution in [2.75, 3.05) is 19.6 Å². The molecule has 1 atom stereocenters. The predicted molar refractivity (Wildman–Crippen MR) is 68.8 cm³/mol. The van der Waals surface area contributed by atoms with Gasteiger partial charge in [-0.3, -0.25) is 15.0 Å². The molecule has 100 valence electrons. The number of rotatable bonds is 7. The van der Waals surface area contributed by atoms with E-state index >= 15 is 0 Å². The smallest absolute Gasteiger partial charge is 0.321 e. The Kier molecular flexibility index (Phi) is 8.40. The Bertz CT molecular complexity index is 238. The van der Waals surface area contributed by atoms with E-state index in [4.69, 9.17) is 0 Å². The molecule has 0 bridgehead atoms. The average molecular weight is 243 g/mol. The molecule has 0 rings (SSSR count). The van der Waals surface area contributed by atoms with Crippen LogP contribution in [0.1, 0.15) is 40.5 Å². The van der Waals surface area contributed by atoms with E-state index in [0.717, 1.165) is 25.9 Å². The molecule has 0 radical (unpaired) electrons. The van der Waals surface area contributed by atoms with Crippen LogP contribution in [-0.4, -0.2) is 42.5 Å². The first kappa shape index (κ1) is 15.9. The number of hydrogen-bond acceptors (Lipinski definition) is 3. The summed E-state index contributed by atoms with van der Waals surface area (Å²) in [6.07, 6.45) is 2.00. The SMILES string of the molecule is CCCN(CCC)C(C)C(=O)NC(=O)NCC. The maximum Gasteiger partial charge on any atom is 0.321 e. The largest absolute Gasteiger partial charge is 0.338 e. The van der Waals surface area contributed by atoms with Gasteiger partial charge in [0, 0.05) is 6.54 Å². The summed E-state index contributed by atoms with van der Waals surface area (Å²) in [5.41, 5.74) is 0. The van der Waals surface area contributed by atoms with Gasteiger partial charge in [-0.05, 0) is 39.8 Å². The molecule has 0 aliphatic carbocycles. The first-order valence-electron chi connectivity index (χ1n) is 6.39. The van der Waals surface area contributed by atoms with E-state index in [1.54, 1.807) is 0 Å². The zero-order chi connectivity index (χ0) is 13.3. The molecular weight excluding hydrogens is 218 g/mol. The summed E-state index contributed by atoms with van der Waals surface area (Å²) in [4.78, 5) is 25.1. The molecule has 0 aromatic rings. The second-order valence-electron chi connectivity index (χ2n) is 4.06. The van der Waals surface area contributed by atoms with E-state index in [9.17, 15) is 9.59 Å². The fourth-order valence-electron chi connectivity index (χ4n) is 1.66. The minimum absolute atomic E-state index is 0.238. The van der Waals surface area contributed by atoms with Crippen LogP contribution in [0, 0.1) is 0 Å². The molecule has 0 fully saturated rings. The minimum Gasteiger partial charge on any atom is -0.338 e. The maximum atomic E-state index is 11.8. The van der Waals surface area contributed by atoms with Crippen LogP contribution in [0.25, 0.3) is 0 Å². The van der Waals surface area contributed by atoms with Gasteiger partial charge in [-0.25, -0.2) is 4.79 Å². The number of amides is 3. The third-order valence-electron chi connectivity index (χ3n) is 2.52. The standard InChI is InChI=1S/C12H25N3O2/c1-5-8-15(9-6-2)10(4)11(16)14-12(17)13-7-3/h10H,5-9H2,1-4H3,(H2,13,14,16,17). The van der Waals surface area contributed by atoms with Crippen LogP contribution < -0.4 is 10.6 Å². The molecule has 1 unspecified atom stereocenters. The van der Waals surface area contributed by atoms with E-state index in [2.05, 4.69) is 29.4 Å². The molecule has 17 heavy (non-hydrogen) atoms. The Morgan fingerprint density at radius 2 is 1.65 bits per heavy atom. The van der Waals surface area contributed by atoms with E-state index in [1.165, 1.54) is 0 Å². The van der Waals surface area contributed by atoms with E-state index in [1.807, 2.05) is 13.8 Å². The van der Waals surface area contributed by atoms with Crippen molar-refractivity contribution in [1.82, 2.24) is 15.5 Å². The van der Waals surface area contributed by atoms with E-state index in [-0.39, 0.29) is 11.9 Å². The molecule has 3 amide bonds. The Labute approximate surface area is 104 Å². The van der Waals surface area contributed by atoms with Gasteiger partial charge >= 0.3 is 6.03 Å². The van der Waals surface area contributed by atoms with Crippen LogP contribution in [0.2, 0.25) is 0 Å². The fraction of sp³-hybridized carbons (Fsp3) is 0.833. The lowest BCUT2D eigenvalue weighted by Crippen LogP contribution is -2.50. The quantitative estimate of drug-likeness (QED) is 0.709. The first-order chi connectivity index (χ1) is 8.06. The van der Waals surface area contributed by atoms with Gasteiger partial charge in [-0.15, -0.1) is 0 Å². The second-order valence-corrected chi connectivity index (χ2v) is 4.06. The van der Waals surface area contributed by atoms with E-state index in [0.29, 0.717) is 6.54 Å². The number of carbonyl (C=O) groups is 2. The van der Waals surface area contributed by atoms with Gasteiger partial charge in [-0.2, -0.15) is 0 Å². The molecular formula is C12H25N3O2. The molecule has 0 aliphatic rings. The van der Waals surface area contributed by atoms with Crippen LogP contribution in [0.5, 0.6) is 0 Å². The summed E-state index contributed by atoms with van der Waals surface area (Å²) in [6, 6.07) is -0.685. The van der Waals surface area contributed by atoms with Gasteiger partial charge < -0.3 is 5.32 Å². The normalized spacial score (nSPS) is 12.3. The van der Waals surface area contributed by atoms with Crippen molar-refractivity contribution in [2.24, 2.45) is 0 Å². The van der Waals surface area contributed by atoms with Crippen LogP contribution in [0.3, 0.4) is 0 Å². The summed E-state index contributed by atoms with van der Waals surface area (Å²) in [5.74, 6) is -0.238. The number of imide groups is 1. The molecule has 0 heterocycles. The Morgan fingerprint density at radius 1 is 1.12 bits per heavy atom. The van der Waals surface area contributed by atoms with Gasteiger partial charge in [0.1, 0.15) is 0 Å². The van der Waals surface area contributed by atoms with Crippen molar-refractivity contribution in [3.63, 3.8) is 0 Å². The molecule has 0 spiro atoms. The highest BCUT2D eigenvalue weighted by molar-refractivity contribution is 5.96. The van der Waals surface area contributed by atoms with Crippen LogP contribution in [0.4, 0.5) is 4.79 Å². The number of carbonyl (C=O) groups excluding carboxylic acids is 2. The van der Waals surface area contributed by atoms with Gasteiger partial charge in [0.2, 0.25) is 5.91 Å². The van der Waals surface area contributed by atoms with Gasteiger partial charge in [0.15, 0.2) is 0 Å². The van der Waals surface area contributed by atoms with Gasteiger partial charge in [-0.1, -0.05) is 13.8 Å². The monoisotopic (exact) mass is 243 g/mol. The summed E-state index contributed by atoms with van der Waals surface area (Å²) >= 11 is 0. The highest BCUT2D eigenvalue weighted by Crippen LogP contribution is 2.02. The van der Waals surface area contributed by atoms with Crippen molar-refractivity contribution >= 4 is 11.9 Å². The molecule has 5 heteroatoms. The topological polar surface area (TPSA) is 61.4 Å². The van der Waals surface area contributed by atoms with Gasteiger partial charge in [0.05, 0.1) is 6.04 Å². The zero-order valence-corrected chi connectivity index (χ0v) is 11.4. The van der Waals surface area contributed by atoms with Crippen molar-refractivity contribution < 1.29 is 9.59 Å². The molecule has 0 saturated heterocycles. The predicted octanol–water partition coefficient (Wildman–Crippen LogP) is 1.34. The summed E-state index contributed by atoms with van der Waals surface area (Å²) in [7, 11) is 0. The second kappa shape index (κ2) is 8.98. The zero-order valence-electron chi connectivity index (χ0n) is 11.4. The first-order valence-corrected chi connectivity index (χ1v) is 6.39. The minimum atomic E-state index is -0.419. The maximum absolute atomic E-state index is 11.8. The lowest BCUT2D eigenvalue weighted by molar-refractivity contribution is -0.124. The van der Waals surface area contributed by atoms with E-state index < -0.39 is 6.03 Å². The number of urea groups is 1. The summed E-state index contributed by atoms with van der Waals surface area (Å²) in [5, 5.41) is 4.89. The third-order valence-corrected chi connectivity index (χ3v) is 2.52. The van der Waals surface area contributed by atoms with Crippen LogP contribution in [-0.2, 0) is 4.79 Å². The Morgan fingerprint density at radius 3 is 2.06 bits per heavy atom. The summed E-state index contributed by atoms with van der Waals surface area (Å²) < 4.78 is 0. The number of nitrogens with zero attached hydrogens (tertiary/aromatic N) is 1. The lowest BCUT2D eigenvalue weighted by atomic mass is 10.2. The van der Waals surface area contributed by atoms with Crippen molar-refractivity contribution in [3.05, 3.63) is 0 Å². The molecule has 0 aromatic carbocycles. The molecule has 0 saturated carbocycles. The highest BCUT2D eigenvalue weighted by Gasteiger charge is 2.21. The molecule has 2 N–H and O–H groups in total. The number of nitrogens with one attached hydrogen (secondary N) is 2. The van der Waals surface area contributed by atoms with Crippen LogP contribution in [0.15, 0.2) is 0 Å². The number of hydrogen-bond donors (Lipinski definition) is 2. The van der Waals surface area contributed by atoms with Crippen molar-refractivity contribution in [3.8, 4) is 0 Å². The highest BCUT2D eigenvalue weighted by atomic mass is 16.2. The molecule has 5 nitrogen and oxygen atoms in total.